The Balaban J connectivity index is 1.33. The zero-order chi connectivity index (χ0) is 17.9. The maximum absolute atomic E-state index is 6.00. The van der Waals surface area contributed by atoms with E-state index < -0.39 is 0 Å². The molecule has 140 valence electrons. The molecule has 4 rings (SSSR count). The van der Waals surface area contributed by atoms with Crippen LogP contribution in [0.1, 0.15) is 31.2 Å². The van der Waals surface area contributed by atoms with E-state index in [1.807, 2.05) is 12.1 Å². The second kappa shape index (κ2) is 7.84. The topological polar surface area (TPSA) is 74.1 Å². The number of hydrogen-bond donors (Lipinski definition) is 2. The summed E-state index contributed by atoms with van der Waals surface area (Å²) < 4.78 is 0. The van der Waals surface area contributed by atoms with Gasteiger partial charge in [-0.1, -0.05) is 23.7 Å². The molecule has 2 aromatic rings. The average molecular weight is 375 g/mol. The maximum Gasteiger partial charge on any atom is 0.246 e. The molecule has 2 fully saturated rings. The van der Waals surface area contributed by atoms with Gasteiger partial charge in [-0.15, -0.1) is 5.10 Å². The molecule has 1 aliphatic carbocycles. The summed E-state index contributed by atoms with van der Waals surface area (Å²) in [6.07, 6.45) is 6.19. The molecule has 0 atom stereocenters. The average Bonchev–Trinajstić information content (AvgIpc) is 3.38. The number of rotatable bonds is 7. The first-order chi connectivity index (χ1) is 12.7. The summed E-state index contributed by atoms with van der Waals surface area (Å²) in [7, 11) is 0. The molecule has 1 aromatic heterocycles. The monoisotopic (exact) mass is 374 g/mol. The Kier molecular flexibility index (Phi) is 5.31. The van der Waals surface area contributed by atoms with Crippen LogP contribution in [-0.2, 0) is 6.42 Å². The molecule has 1 aliphatic heterocycles. The van der Waals surface area contributed by atoms with E-state index in [1.54, 1.807) is 0 Å². The molecule has 1 aromatic carbocycles. The molecular formula is C19H27ClN6. The fourth-order valence-corrected chi connectivity index (χ4v) is 3.94. The van der Waals surface area contributed by atoms with Gasteiger partial charge in [-0.2, -0.15) is 4.98 Å². The minimum absolute atomic E-state index is 0.389. The summed E-state index contributed by atoms with van der Waals surface area (Å²) in [6.45, 7) is 4.34. The molecule has 0 spiro atoms. The highest BCUT2D eigenvalue weighted by atomic mass is 35.5. The van der Waals surface area contributed by atoms with Gasteiger partial charge in [-0.05, 0) is 55.7 Å². The first-order valence-electron chi connectivity index (χ1n) is 9.58. The second-order valence-electron chi connectivity index (χ2n) is 7.55. The summed E-state index contributed by atoms with van der Waals surface area (Å²) in [5, 5.41) is 7.73. The van der Waals surface area contributed by atoms with Crippen molar-refractivity contribution in [3.05, 3.63) is 34.9 Å². The number of nitrogen functional groups attached to an aromatic ring is 1. The fraction of sp³-hybridized carbons (Fsp3) is 0.579. The Morgan fingerprint density at radius 1 is 1.15 bits per heavy atom. The third kappa shape index (κ3) is 4.48. The number of aromatic amines is 1. The number of nitrogens with two attached hydrogens (primary N) is 1. The standard InChI is InChI=1S/C19H27ClN6/c20-16-5-3-14(4-6-16)7-10-26(13-15-1-2-15)17-8-11-25(12-9-17)19-22-18(21)23-24-19/h3-6,15,17H,1-2,7-13H2,(H3,21,22,23,24). The maximum atomic E-state index is 6.00. The Morgan fingerprint density at radius 3 is 2.50 bits per heavy atom. The SMILES string of the molecule is Nc1nc(N2CCC(N(CCc3ccc(Cl)cc3)CC3CC3)CC2)n[nH]1. The van der Waals surface area contributed by atoms with E-state index in [0.29, 0.717) is 12.0 Å². The lowest BCUT2D eigenvalue weighted by atomic mass is 10.0. The van der Waals surface area contributed by atoms with E-state index in [4.69, 9.17) is 17.3 Å². The number of piperidine rings is 1. The van der Waals surface area contributed by atoms with Crippen molar-refractivity contribution in [3.8, 4) is 0 Å². The number of H-pyrrole nitrogens is 1. The lowest BCUT2D eigenvalue weighted by Gasteiger charge is -2.38. The van der Waals surface area contributed by atoms with E-state index in [-0.39, 0.29) is 0 Å². The van der Waals surface area contributed by atoms with Gasteiger partial charge in [-0.25, -0.2) is 5.10 Å². The minimum atomic E-state index is 0.389. The predicted octanol–water partition coefficient (Wildman–Crippen LogP) is 2.96. The van der Waals surface area contributed by atoms with E-state index in [1.165, 1.54) is 24.9 Å². The van der Waals surface area contributed by atoms with Crippen LogP contribution in [0.3, 0.4) is 0 Å². The number of anilines is 2. The van der Waals surface area contributed by atoms with E-state index in [0.717, 1.165) is 55.8 Å². The van der Waals surface area contributed by atoms with Gasteiger partial charge in [0.25, 0.3) is 0 Å². The summed E-state index contributed by atoms with van der Waals surface area (Å²) in [5.41, 5.74) is 7.02. The third-order valence-corrected chi connectivity index (χ3v) is 5.80. The second-order valence-corrected chi connectivity index (χ2v) is 7.99. The van der Waals surface area contributed by atoms with Crippen LogP contribution in [0.4, 0.5) is 11.9 Å². The first-order valence-corrected chi connectivity index (χ1v) is 9.96. The molecule has 3 N–H and O–H groups in total. The first kappa shape index (κ1) is 17.6. The van der Waals surface area contributed by atoms with Crippen molar-refractivity contribution >= 4 is 23.5 Å². The highest BCUT2D eigenvalue weighted by Crippen LogP contribution is 2.32. The molecule has 0 amide bonds. The van der Waals surface area contributed by atoms with Crippen LogP contribution in [0.2, 0.25) is 5.02 Å². The fourth-order valence-electron chi connectivity index (χ4n) is 3.82. The van der Waals surface area contributed by atoms with Crippen LogP contribution in [0, 0.1) is 5.92 Å². The van der Waals surface area contributed by atoms with Crippen molar-refractivity contribution in [1.82, 2.24) is 20.1 Å². The van der Waals surface area contributed by atoms with Gasteiger partial charge in [-0.3, -0.25) is 4.90 Å². The zero-order valence-electron chi connectivity index (χ0n) is 15.1. The van der Waals surface area contributed by atoms with Crippen LogP contribution in [0.5, 0.6) is 0 Å². The number of hydrogen-bond acceptors (Lipinski definition) is 5. The van der Waals surface area contributed by atoms with Crippen molar-refractivity contribution in [3.63, 3.8) is 0 Å². The van der Waals surface area contributed by atoms with Gasteiger partial charge in [0, 0.05) is 37.2 Å². The molecule has 0 bridgehead atoms. The quantitative estimate of drug-likeness (QED) is 0.779. The molecule has 1 saturated carbocycles. The van der Waals surface area contributed by atoms with Gasteiger partial charge in [0.2, 0.25) is 11.9 Å². The summed E-state index contributed by atoms with van der Waals surface area (Å²) >= 11 is 6.00. The van der Waals surface area contributed by atoms with Crippen LogP contribution in [0.25, 0.3) is 0 Å². The molecule has 2 heterocycles. The lowest BCUT2D eigenvalue weighted by Crippen LogP contribution is -2.46. The Bertz CT molecular complexity index is 703. The van der Waals surface area contributed by atoms with E-state index in [2.05, 4.69) is 37.1 Å². The number of benzene rings is 1. The van der Waals surface area contributed by atoms with Crippen molar-refractivity contribution in [2.24, 2.45) is 5.92 Å². The summed E-state index contributed by atoms with van der Waals surface area (Å²) in [5.74, 6) is 2.03. The lowest BCUT2D eigenvalue weighted by molar-refractivity contribution is 0.163. The number of halogens is 1. The number of nitrogens with zero attached hydrogens (tertiary/aromatic N) is 4. The van der Waals surface area contributed by atoms with E-state index in [9.17, 15) is 0 Å². The molecule has 0 unspecified atom stereocenters. The predicted molar refractivity (Wildman–Crippen MR) is 105 cm³/mol. The smallest absolute Gasteiger partial charge is 0.246 e. The van der Waals surface area contributed by atoms with Gasteiger partial charge < -0.3 is 10.6 Å². The van der Waals surface area contributed by atoms with Crippen LogP contribution < -0.4 is 10.6 Å². The van der Waals surface area contributed by atoms with Crippen molar-refractivity contribution in [2.75, 3.05) is 36.8 Å². The van der Waals surface area contributed by atoms with Crippen molar-refractivity contribution < 1.29 is 0 Å². The van der Waals surface area contributed by atoms with Gasteiger partial charge in [0.1, 0.15) is 0 Å². The number of aromatic nitrogens is 3. The van der Waals surface area contributed by atoms with Crippen molar-refractivity contribution in [2.45, 2.75) is 38.1 Å². The molecule has 6 nitrogen and oxygen atoms in total. The number of nitrogens with one attached hydrogen (secondary N) is 1. The molecule has 26 heavy (non-hydrogen) atoms. The van der Waals surface area contributed by atoms with E-state index >= 15 is 0 Å². The van der Waals surface area contributed by atoms with Gasteiger partial charge in [0.15, 0.2) is 0 Å². The third-order valence-electron chi connectivity index (χ3n) is 5.55. The van der Waals surface area contributed by atoms with Crippen LogP contribution in [0.15, 0.2) is 24.3 Å². The van der Waals surface area contributed by atoms with Crippen LogP contribution >= 0.6 is 11.6 Å². The molecule has 2 aliphatic rings. The Morgan fingerprint density at radius 2 is 1.88 bits per heavy atom. The highest BCUT2D eigenvalue weighted by Gasteiger charge is 2.30. The molecule has 1 saturated heterocycles. The highest BCUT2D eigenvalue weighted by molar-refractivity contribution is 6.30. The normalized spacial score (nSPS) is 18.6. The zero-order valence-corrected chi connectivity index (χ0v) is 15.8. The van der Waals surface area contributed by atoms with Crippen LogP contribution in [-0.4, -0.2) is 52.3 Å². The van der Waals surface area contributed by atoms with Crippen molar-refractivity contribution in [1.29, 1.82) is 0 Å². The van der Waals surface area contributed by atoms with Gasteiger partial charge in [0.05, 0.1) is 0 Å². The Labute approximate surface area is 159 Å². The van der Waals surface area contributed by atoms with Gasteiger partial charge >= 0.3 is 0 Å². The molecule has 7 heteroatoms. The molecule has 0 radical (unpaired) electrons. The molecular weight excluding hydrogens is 348 g/mol. The largest absolute Gasteiger partial charge is 0.368 e. The minimum Gasteiger partial charge on any atom is -0.368 e. The summed E-state index contributed by atoms with van der Waals surface area (Å²) in [4.78, 5) is 9.21. The summed E-state index contributed by atoms with van der Waals surface area (Å²) in [6, 6.07) is 8.92. The Hall–Kier alpha value is -1.79.